The van der Waals surface area contributed by atoms with Gasteiger partial charge in [-0.15, -0.1) is 11.3 Å². The zero-order valence-corrected chi connectivity index (χ0v) is 23.7. The molecule has 0 amide bonds. The SMILES string of the molecule is CCOC(=O)C1=C(CN2[C@@H]3C[C@@H](CC(=O)O)C[C@]2(C(=O)O)CC3(F)F)NC(c2nccs2)=N[C@H]1c1ccc(F)cc1Cl. The summed E-state index contributed by atoms with van der Waals surface area (Å²) in [6.07, 6.45) is -0.516. The minimum absolute atomic E-state index is 0.0388. The molecule has 0 spiro atoms. The van der Waals surface area contributed by atoms with E-state index in [9.17, 15) is 29.0 Å². The maximum absolute atomic E-state index is 15.5. The fourth-order valence-corrected chi connectivity index (χ4v) is 7.05. The predicted molar refractivity (Wildman–Crippen MR) is 145 cm³/mol. The molecule has 10 nitrogen and oxygen atoms in total. The lowest BCUT2D eigenvalue weighted by Gasteiger charge is -2.45. The van der Waals surface area contributed by atoms with Crippen LogP contribution in [0.2, 0.25) is 5.02 Å². The Morgan fingerprint density at radius 3 is 2.67 bits per heavy atom. The van der Waals surface area contributed by atoms with Crippen molar-refractivity contribution in [1.82, 2.24) is 15.2 Å². The van der Waals surface area contributed by atoms with E-state index in [1.807, 2.05) is 0 Å². The number of benzene rings is 1. The molecule has 5 rings (SSSR count). The standard InChI is InChI=1S/C27H26ClF3N4O6S/c1-2-41-24(38)20-17(11-35-18-7-13(8-19(36)37)10-26(35,25(39)40)12-27(18,30)31)33-22(23-32-5-6-42-23)34-21(20)15-4-3-14(29)9-16(15)28/h3-6,9,13,18,21H,2,7-8,10-12H2,1H3,(H,33,34)(H,36,37)(H,39,40)/t13-,18+,21-,26+/m0/s1. The molecule has 0 aliphatic carbocycles. The number of ether oxygens (including phenoxy) is 1. The van der Waals surface area contributed by atoms with Crippen molar-refractivity contribution in [2.75, 3.05) is 13.2 Å². The molecule has 4 atom stereocenters. The van der Waals surface area contributed by atoms with Crippen molar-refractivity contribution in [2.24, 2.45) is 10.9 Å². The van der Waals surface area contributed by atoms with E-state index < -0.39 is 72.6 Å². The fourth-order valence-electron chi connectivity index (χ4n) is 6.19. The van der Waals surface area contributed by atoms with Gasteiger partial charge in [-0.1, -0.05) is 17.7 Å². The van der Waals surface area contributed by atoms with Gasteiger partial charge in [-0.05, 0) is 37.8 Å². The van der Waals surface area contributed by atoms with Gasteiger partial charge in [0.15, 0.2) is 10.8 Å². The highest BCUT2D eigenvalue weighted by Gasteiger charge is 2.68. The fraction of sp³-hybridized carbons (Fsp3) is 0.444. The molecule has 2 aromatic rings. The molecular formula is C27H26ClF3N4O6S. The second-order valence-electron chi connectivity index (χ2n) is 10.4. The molecule has 2 fully saturated rings. The van der Waals surface area contributed by atoms with Gasteiger partial charge in [-0.2, -0.15) is 0 Å². The third kappa shape index (κ3) is 5.38. The van der Waals surface area contributed by atoms with Crippen LogP contribution in [0.15, 0.2) is 46.0 Å². The Morgan fingerprint density at radius 1 is 1.29 bits per heavy atom. The highest BCUT2D eigenvalue weighted by atomic mass is 35.5. The summed E-state index contributed by atoms with van der Waals surface area (Å²) in [5.41, 5.74) is -1.93. The number of thiazole rings is 1. The number of amidine groups is 1. The monoisotopic (exact) mass is 626 g/mol. The van der Waals surface area contributed by atoms with Crippen molar-refractivity contribution in [3.05, 3.63) is 62.5 Å². The number of carbonyl (C=O) groups is 3. The minimum atomic E-state index is -3.45. The summed E-state index contributed by atoms with van der Waals surface area (Å²) in [6, 6.07) is 0.752. The number of hydrogen-bond acceptors (Lipinski definition) is 9. The Balaban J connectivity index is 1.65. The number of nitrogens with one attached hydrogen (secondary N) is 1. The van der Waals surface area contributed by atoms with Gasteiger partial charge in [-0.25, -0.2) is 22.9 Å². The van der Waals surface area contributed by atoms with E-state index in [1.165, 1.54) is 23.6 Å². The Labute approximate surface area is 246 Å². The van der Waals surface area contributed by atoms with Crippen molar-refractivity contribution in [2.45, 2.75) is 56.2 Å². The number of alkyl halides is 2. The lowest BCUT2D eigenvalue weighted by molar-refractivity contribution is -0.155. The molecule has 42 heavy (non-hydrogen) atoms. The Hall–Kier alpha value is -3.49. The van der Waals surface area contributed by atoms with E-state index in [1.54, 1.807) is 12.3 Å². The number of rotatable bonds is 9. The van der Waals surface area contributed by atoms with E-state index in [4.69, 9.17) is 16.3 Å². The van der Waals surface area contributed by atoms with Crippen LogP contribution in [0.4, 0.5) is 13.2 Å². The number of carboxylic acids is 2. The molecule has 3 N–H and O–H groups in total. The lowest BCUT2D eigenvalue weighted by Crippen LogP contribution is -2.59. The summed E-state index contributed by atoms with van der Waals surface area (Å²) in [4.78, 5) is 47.6. The first-order valence-electron chi connectivity index (χ1n) is 13.1. The van der Waals surface area contributed by atoms with Crippen LogP contribution >= 0.6 is 22.9 Å². The Kier molecular flexibility index (Phi) is 8.07. The summed E-state index contributed by atoms with van der Waals surface area (Å²) < 4.78 is 50.2. The van der Waals surface area contributed by atoms with Crippen molar-refractivity contribution in [1.29, 1.82) is 0 Å². The van der Waals surface area contributed by atoms with Crippen LogP contribution in [-0.4, -0.2) is 74.5 Å². The van der Waals surface area contributed by atoms with Gasteiger partial charge >= 0.3 is 17.9 Å². The summed E-state index contributed by atoms with van der Waals surface area (Å²) in [6.45, 7) is 1.08. The van der Waals surface area contributed by atoms with Crippen LogP contribution in [-0.2, 0) is 19.1 Å². The minimum Gasteiger partial charge on any atom is -0.481 e. The number of carbonyl (C=O) groups excluding carboxylic acids is 1. The topological polar surface area (TPSA) is 141 Å². The number of carboxylic acid groups (broad SMARTS) is 2. The average Bonchev–Trinajstić information content (AvgIpc) is 3.47. The van der Waals surface area contributed by atoms with Crippen LogP contribution in [0.25, 0.3) is 0 Å². The quantitative estimate of drug-likeness (QED) is 0.348. The van der Waals surface area contributed by atoms with E-state index in [0.29, 0.717) is 5.01 Å². The smallest absolute Gasteiger partial charge is 0.338 e. The van der Waals surface area contributed by atoms with Gasteiger partial charge < -0.3 is 20.3 Å². The summed E-state index contributed by atoms with van der Waals surface area (Å²) >= 11 is 7.59. The second-order valence-corrected chi connectivity index (χ2v) is 11.7. The molecule has 1 aromatic heterocycles. The van der Waals surface area contributed by atoms with Crippen LogP contribution in [0, 0.1) is 11.7 Å². The molecule has 4 heterocycles. The molecule has 3 aliphatic heterocycles. The molecule has 15 heteroatoms. The number of aliphatic imine (C=N–C) groups is 1. The third-order valence-corrected chi connectivity index (χ3v) is 8.93. The number of aliphatic carboxylic acids is 2. The van der Waals surface area contributed by atoms with E-state index in [2.05, 4.69) is 15.3 Å². The first-order valence-corrected chi connectivity index (χ1v) is 14.3. The van der Waals surface area contributed by atoms with Crippen LogP contribution in [0.5, 0.6) is 0 Å². The number of esters is 1. The highest BCUT2D eigenvalue weighted by Crippen LogP contribution is 2.55. The number of halogens is 4. The van der Waals surface area contributed by atoms with Crippen molar-refractivity contribution < 1.29 is 42.5 Å². The predicted octanol–water partition coefficient (Wildman–Crippen LogP) is 4.26. The average molecular weight is 627 g/mol. The molecular weight excluding hydrogens is 601 g/mol. The normalized spacial score (nSPS) is 26.9. The molecule has 2 saturated heterocycles. The Bertz CT molecular complexity index is 1490. The molecule has 3 aliphatic rings. The highest BCUT2D eigenvalue weighted by molar-refractivity contribution is 7.11. The van der Waals surface area contributed by atoms with Crippen LogP contribution < -0.4 is 5.32 Å². The largest absolute Gasteiger partial charge is 0.481 e. The molecule has 0 radical (unpaired) electrons. The van der Waals surface area contributed by atoms with E-state index in [0.717, 1.165) is 17.0 Å². The zero-order chi connectivity index (χ0) is 30.4. The van der Waals surface area contributed by atoms with Crippen LogP contribution in [0.3, 0.4) is 0 Å². The first-order chi connectivity index (χ1) is 19.9. The number of aromatic nitrogens is 1. The molecule has 0 unspecified atom stereocenters. The van der Waals surface area contributed by atoms with Crippen LogP contribution in [0.1, 0.15) is 49.2 Å². The number of nitrogens with zero attached hydrogens (tertiary/aromatic N) is 3. The van der Waals surface area contributed by atoms with Crippen molar-refractivity contribution in [3.63, 3.8) is 0 Å². The summed E-state index contributed by atoms with van der Waals surface area (Å²) in [7, 11) is 0. The molecule has 0 saturated carbocycles. The van der Waals surface area contributed by atoms with Gasteiger partial charge in [0, 0.05) is 47.2 Å². The lowest BCUT2D eigenvalue weighted by atomic mass is 9.79. The van der Waals surface area contributed by atoms with Gasteiger partial charge in [0.1, 0.15) is 17.4 Å². The second kappa shape index (κ2) is 11.3. The van der Waals surface area contributed by atoms with E-state index >= 15 is 8.78 Å². The number of hydrogen-bond donors (Lipinski definition) is 3. The first kappa shape index (κ1) is 30.0. The Morgan fingerprint density at radius 2 is 2.05 bits per heavy atom. The van der Waals surface area contributed by atoms with Gasteiger partial charge in [-0.3, -0.25) is 19.5 Å². The van der Waals surface area contributed by atoms with Gasteiger partial charge in [0.25, 0.3) is 5.92 Å². The van der Waals surface area contributed by atoms with Crippen molar-refractivity contribution >= 4 is 46.7 Å². The zero-order valence-electron chi connectivity index (χ0n) is 22.2. The molecule has 224 valence electrons. The number of fused-ring (bicyclic) bond motifs is 2. The molecule has 1 aromatic carbocycles. The summed E-state index contributed by atoms with van der Waals surface area (Å²) in [5, 5.41) is 24.7. The third-order valence-electron chi connectivity index (χ3n) is 7.83. The summed E-state index contributed by atoms with van der Waals surface area (Å²) in [5.74, 6) is -8.27. The van der Waals surface area contributed by atoms with E-state index in [-0.39, 0.29) is 47.1 Å². The number of piperidine rings is 1. The van der Waals surface area contributed by atoms with Crippen molar-refractivity contribution in [3.8, 4) is 0 Å². The maximum atomic E-state index is 15.5. The maximum Gasteiger partial charge on any atom is 0.338 e. The van der Waals surface area contributed by atoms with Gasteiger partial charge in [0.2, 0.25) is 0 Å². The van der Waals surface area contributed by atoms with Gasteiger partial charge in [0.05, 0.1) is 18.2 Å². The molecule has 2 bridgehead atoms.